The molecule has 0 amide bonds. The summed E-state index contributed by atoms with van der Waals surface area (Å²) in [5.41, 5.74) is 3.39. The number of rotatable bonds is 5. The Hall–Kier alpha value is -2.41. The molecule has 0 bridgehead atoms. The Morgan fingerprint density at radius 1 is 1.21 bits per heavy atom. The fourth-order valence-electron chi connectivity index (χ4n) is 4.21. The minimum Gasteiger partial charge on any atom is -0.465 e. The molecule has 0 fully saturated rings. The van der Waals surface area contributed by atoms with E-state index >= 15 is 0 Å². The van der Waals surface area contributed by atoms with Crippen LogP contribution in [0.4, 0.5) is 0 Å². The van der Waals surface area contributed by atoms with Crippen molar-refractivity contribution >= 4 is 29.1 Å². The second-order valence-corrected chi connectivity index (χ2v) is 8.40. The summed E-state index contributed by atoms with van der Waals surface area (Å²) in [5, 5.41) is 5.21. The summed E-state index contributed by atoms with van der Waals surface area (Å²) in [5.74, 6) is -2.79. The number of aryl methyl sites for hydroxylation is 1. The lowest BCUT2D eigenvalue weighted by Gasteiger charge is -2.38. The molecule has 3 atom stereocenters. The van der Waals surface area contributed by atoms with Gasteiger partial charge in [0.15, 0.2) is 5.78 Å². The number of Topliss-reactive ketones (excluding diaryl/α,β-unsaturated/α-hetero) is 1. The Balaban J connectivity index is 2.15. The summed E-state index contributed by atoms with van der Waals surface area (Å²) in [6.45, 7) is 9.63. The Bertz CT molecular complexity index is 910. The maximum absolute atomic E-state index is 13.6. The largest absolute Gasteiger partial charge is 0.465 e. The van der Waals surface area contributed by atoms with E-state index in [4.69, 9.17) is 9.47 Å². The number of nitrogens with one attached hydrogen (secondary N) is 1. The minimum absolute atomic E-state index is 0.185. The van der Waals surface area contributed by atoms with Crippen molar-refractivity contribution in [3.05, 3.63) is 44.4 Å². The van der Waals surface area contributed by atoms with Crippen molar-refractivity contribution in [2.24, 2.45) is 11.8 Å². The van der Waals surface area contributed by atoms with E-state index in [9.17, 15) is 14.4 Å². The van der Waals surface area contributed by atoms with E-state index in [1.807, 2.05) is 32.2 Å². The van der Waals surface area contributed by atoms with Gasteiger partial charge in [0, 0.05) is 21.8 Å². The van der Waals surface area contributed by atoms with Crippen LogP contribution in [0.25, 0.3) is 0 Å². The first-order valence-corrected chi connectivity index (χ1v) is 10.8. The van der Waals surface area contributed by atoms with E-state index in [0.717, 1.165) is 16.1 Å². The van der Waals surface area contributed by atoms with Crippen LogP contribution >= 0.6 is 11.3 Å². The lowest BCUT2D eigenvalue weighted by Crippen LogP contribution is -2.43. The Morgan fingerprint density at radius 2 is 1.90 bits per heavy atom. The van der Waals surface area contributed by atoms with Gasteiger partial charge in [0.1, 0.15) is 5.92 Å². The van der Waals surface area contributed by atoms with Gasteiger partial charge in [-0.05, 0) is 57.0 Å². The summed E-state index contributed by atoms with van der Waals surface area (Å²) in [6, 6.07) is 1.97. The number of hydrogen-bond donors (Lipinski definition) is 1. The van der Waals surface area contributed by atoms with E-state index in [2.05, 4.69) is 5.32 Å². The second kappa shape index (κ2) is 8.53. The lowest BCUT2D eigenvalue weighted by molar-refractivity contribution is -0.153. The van der Waals surface area contributed by atoms with Crippen LogP contribution in [0.15, 0.2) is 34.0 Å². The SMILES string of the molecule is CCOC(=O)C1=C(C)NC2=C(C(=O)C(C(=O)OCC)C(C)C2)C1c1sccc1C. The van der Waals surface area contributed by atoms with Crippen LogP contribution in [0.2, 0.25) is 0 Å². The van der Waals surface area contributed by atoms with Gasteiger partial charge < -0.3 is 14.8 Å². The number of carbonyl (C=O) groups excluding carboxylic acids is 3. The molecule has 3 unspecified atom stereocenters. The molecule has 29 heavy (non-hydrogen) atoms. The predicted molar refractivity (Wildman–Crippen MR) is 110 cm³/mol. The molecule has 7 heteroatoms. The van der Waals surface area contributed by atoms with Crippen LogP contribution < -0.4 is 5.32 Å². The van der Waals surface area contributed by atoms with Crippen molar-refractivity contribution in [2.75, 3.05) is 13.2 Å². The number of thiophene rings is 1. The molecule has 0 spiro atoms. The predicted octanol–water partition coefficient (Wildman–Crippen LogP) is 3.62. The average Bonchev–Trinajstić information content (AvgIpc) is 3.06. The van der Waals surface area contributed by atoms with Crippen LogP contribution in [0.3, 0.4) is 0 Å². The standard InChI is InChI=1S/C22H27NO5S/c1-6-27-21(25)15-12(4)10-14-17(19(15)24)18(20-11(3)8-9-29-20)16(13(5)23-14)22(26)28-7-2/h8-9,12,15,18,23H,6-7,10H2,1-5H3. The molecule has 1 aromatic rings. The zero-order chi connectivity index (χ0) is 21.3. The monoisotopic (exact) mass is 417 g/mol. The maximum Gasteiger partial charge on any atom is 0.336 e. The molecule has 2 aliphatic rings. The van der Waals surface area contributed by atoms with E-state index < -0.39 is 23.8 Å². The quantitative estimate of drug-likeness (QED) is 0.582. The van der Waals surface area contributed by atoms with Crippen LogP contribution in [0.1, 0.15) is 50.5 Å². The molecule has 3 rings (SSSR count). The highest BCUT2D eigenvalue weighted by Crippen LogP contribution is 2.47. The number of ketones is 1. The van der Waals surface area contributed by atoms with Crippen molar-refractivity contribution in [3.63, 3.8) is 0 Å². The molecule has 0 aromatic carbocycles. The van der Waals surface area contributed by atoms with Crippen LogP contribution in [-0.2, 0) is 23.9 Å². The molecule has 0 saturated carbocycles. The lowest BCUT2D eigenvalue weighted by atomic mass is 9.70. The number of carbonyl (C=O) groups is 3. The van der Waals surface area contributed by atoms with E-state index in [-0.39, 0.29) is 24.9 Å². The van der Waals surface area contributed by atoms with Crippen molar-refractivity contribution in [3.8, 4) is 0 Å². The van der Waals surface area contributed by atoms with Gasteiger partial charge in [-0.2, -0.15) is 0 Å². The van der Waals surface area contributed by atoms with Gasteiger partial charge in [-0.15, -0.1) is 11.3 Å². The summed E-state index contributed by atoms with van der Waals surface area (Å²) in [7, 11) is 0. The first-order valence-electron chi connectivity index (χ1n) is 9.94. The molecular formula is C22H27NO5S. The third-order valence-electron chi connectivity index (χ3n) is 5.49. The first kappa shape index (κ1) is 21.3. The highest BCUT2D eigenvalue weighted by molar-refractivity contribution is 7.10. The average molecular weight is 418 g/mol. The number of dihydropyridines is 1. The summed E-state index contributed by atoms with van der Waals surface area (Å²) in [4.78, 5) is 39.9. The highest BCUT2D eigenvalue weighted by Gasteiger charge is 2.47. The van der Waals surface area contributed by atoms with Crippen LogP contribution in [0.5, 0.6) is 0 Å². The van der Waals surface area contributed by atoms with Gasteiger partial charge in [0.05, 0.1) is 24.7 Å². The van der Waals surface area contributed by atoms with Gasteiger partial charge >= 0.3 is 11.9 Å². The topological polar surface area (TPSA) is 81.7 Å². The van der Waals surface area contributed by atoms with Gasteiger partial charge in [0.25, 0.3) is 0 Å². The fraction of sp³-hybridized carbons (Fsp3) is 0.500. The van der Waals surface area contributed by atoms with Gasteiger partial charge in [0.2, 0.25) is 0 Å². The number of hydrogen-bond acceptors (Lipinski definition) is 7. The molecule has 1 aliphatic heterocycles. The first-order chi connectivity index (χ1) is 13.8. The van der Waals surface area contributed by atoms with Crippen LogP contribution in [-0.4, -0.2) is 30.9 Å². The normalized spacial score (nSPS) is 24.2. The van der Waals surface area contributed by atoms with E-state index in [1.165, 1.54) is 11.3 Å². The molecule has 1 aliphatic carbocycles. The molecule has 0 radical (unpaired) electrons. The van der Waals surface area contributed by atoms with E-state index in [0.29, 0.717) is 23.3 Å². The molecule has 6 nitrogen and oxygen atoms in total. The van der Waals surface area contributed by atoms with Crippen molar-refractivity contribution in [1.29, 1.82) is 0 Å². The number of ether oxygens (including phenoxy) is 2. The number of allylic oxidation sites excluding steroid dienone is 3. The molecule has 156 valence electrons. The van der Waals surface area contributed by atoms with Gasteiger partial charge in [-0.3, -0.25) is 9.59 Å². The third kappa shape index (κ3) is 3.75. The molecular weight excluding hydrogens is 390 g/mol. The molecule has 2 heterocycles. The zero-order valence-electron chi connectivity index (χ0n) is 17.5. The van der Waals surface area contributed by atoms with E-state index in [1.54, 1.807) is 13.8 Å². The minimum atomic E-state index is -0.861. The Kier molecular flexibility index (Phi) is 6.27. The summed E-state index contributed by atoms with van der Waals surface area (Å²) >= 11 is 1.50. The smallest absolute Gasteiger partial charge is 0.336 e. The Morgan fingerprint density at radius 3 is 2.48 bits per heavy atom. The highest BCUT2D eigenvalue weighted by atomic mass is 32.1. The van der Waals surface area contributed by atoms with Crippen molar-refractivity contribution < 1.29 is 23.9 Å². The van der Waals surface area contributed by atoms with Gasteiger partial charge in [-0.1, -0.05) is 6.92 Å². The molecule has 1 aromatic heterocycles. The fourth-order valence-corrected chi connectivity index (χ4v) is 5.25. The summed E-state index contributed by atoms with van der Waals surface area (Å²) < 4.78 is 10.5. The number of esters is 2. The van der Waals surface area contributed by atoms with Gasteiger partial charge in [-0.25, -0.2) is 4.79 Å². The second-order valence-electron chi connectivity index (χ2n) is 7.45. The van der Waals surface area contributed by atoms with Crippen LogP contribution in [0, 0.1) is 18.8 Å². The zero-order valence-corrected chi connectivity index (χ0v) is 18.3. The third-order valence-corrected chi connectivity index (χ3v) is 6.57. The van der Waals surface area contributed by atoms with Crippen molar-refractivity contribution in [1.82, 2.24) is 5.32 Å². The Labute approximate surface area is 175 Å². The van der Waals surface area contributed by atoms with Crippen molar-refractivity contribution in [2.45, 2.75) is 47.0 Å². The summed E-state index contributed by atoms with van der Waals surface area (Å²) in [6.07, 6.45) is 0.541. The molecule has 0 saturated heterocycles. The maximum atomic E-state index is 13.6. The molecule has 1 N–H and O–H groups in total.